The van der Waals surface area contributed by atoms with Crippen molar-refractivity contribution in [3.8, 4) is 17.2 Å². The molecular formula is C20H25NO4. The van der Waals surface area contributed by atoms with Gasteiger partial charge in [-0.15, -0.1) is 0 Å². The molecule has 0 unspecified atom stereocenters. The molecule has 25 heavy (non-hydrogen) atoms. The van der Waals surface area contributed by atoms with E-state index in [-0.39, 0.29) is 12.5 Å². The standard InChI is InChI=1S/C20H25NO4/c1-5-21(6-2)20(22)15-11-12-17(23-3)16(13-15)14-25-19-10-8-7-9-18(19)24-4/h7-13H,5-6,14H2,1-4H3. The lowest BCUT2D eigenvalue weighted by atomic mass is 10.1. The summed E-state index contributed by atoms with van der Waals surface area (Å²) in [4.78, 5) is 14.3. The van der Waals surface area contributed by atoms with Crippen molar-refractivity contribution in [2.24, 2.45) is 0 Å². The largest absolute Gasteiger partial charge is 0.496 e. The summed E-state index contributed by atoms with van der Waals surface area (Å²) in [6.07, 6.45) is 0. The van der Waals surface area contributed by atoms with Crippen molar-refractivity contribution < 1.29 is 19.0 Å². The fraction of sp³-hybridized carbons (Fsp3) is 0.350. The highest BCUT2D eigenvalue weighted by atomic mass is 16.5. The lowest BCUT2D eigenvalue weighted by Gasteiger charge is -2.19. The molecule has 0 bridgehead atoms. The minimum absolute atomic E-state index is 0.00574. The summed E-state index contributed by atoms with van der Waals surface area (Å²) in [5, 5.41) is 0. The zero-order chi connectivity index (χ0) is 18.2. The third-order valence-electron chi connectivity index (χ3n) is 4.03. The zero-order valence-corrected chi connectivity index (χ0v) is 15.2. The molecule has 0 fully saturated rings. The van der Waals surface area contributed by atoms with Gasteiger partial charge in [0, 0.05) is 24.2 Å². The molecule has 5 nitrogen and oxygen atoms in total. The predicted molar refractivity (Wildman–Crippen MR) is 97.6 cm³/mol. The number of benzene rings is 2. The van der Waals surface area contributed by atoms with Gasteiger partial charge in [-0.05, 0) is 44.2 Å². The van der Waals surface area contributed by atoms with Gasteiger partial charge in [-0.25, -0.2) is 0 Å². The van der Waals surface area contributed by atoms with Gasteiger partial charge in [0.15, 0.2) is 11.5 Å². The number of ether oxygens (including phenoxy) is 3. The fourth-order valence-corrected chi connectivity index (χ4v) is 2.61. The maximum Gasteiger partial charge on any atom is 0.253 e. The molecule has 0 N–H and O–H groups in total. The third kappa shape index (κ3) is 4.44. The molecule has 0 saturated heterocycles. The van der Waals surface area contributed by atoms with Crippen LogP contribution in [0, 0.1) is 0 Å². The van der Waals surface area contributed by atoms with Crippen LogP contribution < -0.4 is 14.2 Å². The first-order chi connectivity index (χ1) is 12.1. The smallest absolute Gasteiger partial charge is 0.253 e. The average molecular weight is 343 g/mol. The molecule has 0 heterocycles. The van der Waals surface area contributed by atoms with Gasteiger partial charge in [-0.2, -0.15) is 0 Å². The van der Waals surface area contributed by atoms with Crippen molar-refractivity contribution in [2.75, 3.05) is 27.3 Å². The Labute approximate surface area is 149 Å². The van der Waals surface area contributed by atoms with Crippen LogP contribution in [-0.4, -0.2) is 38.1 Å². The molecule has 5 heteroatoms. The third-order valence-corrected chi connectivity index (χ3v) is 4.03. The number of amides is 1. The van der Waals surface area contributed by atoms with E-state index in [2.05, 4.69) is 0 Å². The van der Waals surface area contributed by atoms with Crippen molar-refractivity contribution in [3.63, 3.8) is 0 Å². The van der Waals surface area contributed by atoms with Crippen molar-refractivity contribution in [2.45, 2.75) is 20.5 Å². The summed E-state index contributed by atoms with van der Waals surface area (Å²) in [6.45, 7) is 5.57. The average Bonchev–Trinajstić information content (AvgIpc) is 2.67. The highest BCUT2D eigenvalue weighted by Gasteiger charge is 2.15. The lowest BCUT2D eigenvalue weighted by molar-refractivity contribution is 0.0772. The Bertz CT molecular complexity index is 711. The van der Waals surface area contributed by atoms with Crippen LogP contribution in [0.3, 0.4) is 0 Å². The van der Waals surface area contributed by atoms with Gasteiger partial charge < -0.3 is 19.1 Å². The Balaban J connectivity index is 2.24. The predicted octanol–water partition coefficient (Wildman–Crippen LogP) is 3.76. The molecule has 0 saturated carbocycles. The van der Waals surface area contributed by atoms with E-state index < -0.39 is 0 Å². The molecule has 2 aromatic rings. The van der Waals surface area contributed by atoms with Crippen LogP contribution >= 0.6 is 0 Å². The highest BCUT2D eigenvalue weighted by molar-refractivity contribution is 5.94. The van der Waals surface area contributed by atoms with E-state index in [1.54, 1.807) is 31.3 Å². The summed E-state index contributed by atoms with van der Waals surface area (Å²) in [5.74, 6) is 2.00. The van der Waals surface area contributed by atoms with Gasteiger partial charge in [0.1, 0.15) is 12.4 Å². The minimum Gasteiger partial charge on any atom is -0.496 e. The number of hydrogen-bond acceptors (Lipinski definition) is 4. The van der Waals surface area contributed by atoms with Gasteiger partial charge in [-0.1, -0.05) is 12.1 Å². The minimum atomic E-state index is 0.00574. The van der Waals surface area contributed by atoms with Gasteiger partial charge in [0.2, 0.25) is 0 Å². The van der Waals surface area contributed by atoms with Gasteiger partial charge in [-0.3, -0.25) is 4.79 Å². The molecule has 0 aromatic heterocycles. The fourth-order valence-electron chi connectivity index (χ4n) is 2.61. The molecule has 0 spiro atoms. The second kappa shape index (κ2) is 8.97. The van der Waals surface area contributed by atoms with Crippen molar-refractivity contribution in [1.82, 2.24) is 4.90 Å². The van der Waals surface area contributed by atoms with Gasteiger partial charge in [0.25, 0.3) is 5.91 Å². The first kappa shape index (κ1) is 18.6. The monoisotopic (exact) mass is 343 g/mol. The molecular weight excluding hydrogens is 318 g/mol. The second-order valence-corrected chi connectivity index (χ2v) is 5.44. The van der Waals surface area contributed by atoms with E-state index in [9.17, 15) is 4.79 Å². The van der Waals surface area contributed by atoms with Gasteiger partial charge >= 0.3 is 0 Å². The molecule has 134 valence electrons. The summed E-state index contributed by atoms with van der Waals surface area (Å²) >= 11 is 0. The summed E-state index contributed by atoms with van der Waals surface area (Å²) in [7, 11) is 3.21. The SMILES string of the molecule is CCN(CC)C(=O)c1ccc(OC)c(COc2ccccc2OC)c1. The topological polar surface area (TPSA) is 48.0 Å². The molecule has 2 aromatic carbocycles. The number of rotatable bonds is 8. The van der Waals surface area contributed by atoms with Gasteiger partial charge in [0.05, 0.1) is 14.2 Å². The number of nitrogens with zero attached hydrogens (tertiary/aromatic N) is 1. The van der Waals surface area contributed by atoms with E-state index in [0.717, 1.165) is 5.56 Å². The second-order valence-electron chi connectivity index (χ2n) is 5.44. The van der Waals surface area contributed by atoms with E-state index in [1.807, 2.05) is 44.2 Å². The number of hydrogen-bond donors (Lipinski definition) is 0. The molecule has 0 aliphatic carbocycles. The van der Waals surface area contributed by atoms with Crippen molar-refractivity contribution in [1.29, 1.82) is 0 Å². The summed E-state index contributed by atoms with van der Waals surface area (Å²) < 4.78 is 16.6. The van der Waals surface area contributed by atoms with E-state index in [0.29, 0.717) is 35.9 Å². The number of para-hydroxylation sites is 2. The Morgan fingerprint density at radius 1 is 0.920 bits per heavy atom. The maximum absolute atomic E-state index is 12.6. The summed E-state index contributed by atoms with van der Waals surface area (Å²) in [5.41, 5.74) is 1.44. The number of carbonyl (C=O) groups is 1. The molecule has 0 radical (unpaired) electrons. The van der Waals surface area contributed by atoms with Crippen molar-refractivity contribution >= 4 is 5.91 Å². The van der Waals surface area contributed by atoms with Crippen LogP contribution in [0.15, 0.2) is 42.5 Å². The molecule has 0 aliphatic heterocycles. The Hall–Kier alpha value is -2.69. The first-order valence-electron chi connectivity index (χ1n) is 8.36. The van der Waals surface area contributed by atoms with Crippen LogP contribution in [0.2, 0.25) is 0 Å². The Kier molecular flexibility index (Phi) is 6.69. The van der Waals surface area contributed by atoms with Crippen LogP contribution in [0.25, 0.3) is 0 Å². The lowest BCUT2D eigenvalue weighted by Crippen LogP contribution is -2.30. The highest BCUT2D eigenvalue weighted by Crippen LogP contribution is 2.28. The number of methoxy groups -OCH3 is 2. The molecule has 0 aliphatic rings. The molecule has 0 atom stereocenters. The van der Waals surface area contributed by atoms with E-state index >= 15 is 0 Å². The molecule has 2 rings (SSSR count). The normalized spacial score (nSPS) is 10.2. The quantitative estimate of drug-likeness (QED) is 0.732. The van der Waals surface area contributed by atoms with Crippen LogP contribution in [0.5, 0.6) is 17.2 Å². The first-order valence-corrected chi connectivity index (χ1v) is 8.36. The van der Waals surface area contributed by atoms with Crippen LogP contribution in [0.4, 0.5) is 0 Å². The Morgan fingerprint density at radius 3 is 2.16 bits per heavy atom. The zero-order valence-electron chi connectivity index (χ0n) is 15.2. The molecule has 1 amide bonds. The van der Waals surface area contributed by atoms with E-state index in [4.69, 9.17) is 14.2 Å². The van der Waals surface area contributed by atoms with Crippen LogP contribution in [0.1, 0.15) is 29.8 Å². The van der Waals surface area contributed by atoms with Crippen LogP contribution in [-0.2, 0) is 6.61 Å². The number of carbonyl (C=O) groups excluding carboxylic acids is 1. The van der Waals surface area contributed by atoms with E-state index in [1.165, 1.54) is 0 Å². The Morgan fingerprint density at radius 2 is 1.56 bits per heavy atom. The maximum atomic E-state index is 12.6. The van der Waals surface area contributed by atoms with Crippen molar-refractivity contribution in [3.05, 3.63) is 53.6 Å². The summed E-state index contributed by atoms with van der Waals surface area (Å²) in [6, 6.07) is 12.9.